The SMILES string of the molecule is COC(=O)CC[C@H](C)[C@@H]1CC[C@@H]2[C@H]3CC[C@H]4C[C@@H](OC(C)=O)CC[C@]4(C)[C@@H]3C(=O)C[C@]21C. The molecule has 0 radical (unpaired) electrons. The fraction of sp³-hybridized carbons (Fsp3) is 0.889. The summed E-state index contributed by atoms with van der Waals surface area (Å²) in [4.78, 5) is 37.0. The summed E-state index contributed by atoms with van der Waals surface area (Å²) < 4.78 is 10.4. The Bertz CT molecular complexity index is 761. The van der Waals surface area contributed by atoms with Gasteiger partial charge in [0, 0.05) is 25.7 Å². The molecular weight excluding hydrogens is 404 g/mol. The third kappa shape index (κ3) is 3.92. The Morgan fingerprint density at radius 1 is 1.09 bits per heavy atom. The molecule has 0 aliphatic heterocycles. The van der Waals surface area contributed by atoms with E-state index in [1.807, 2.05) is 0 Å². The van der Waals surface area contributed by atoms with Gasteiger partial charge in [-0.2, -0.15) is 0 Å². The van der Waals surface area contributed by atoms with Gasteiger partial charge in [0.05, 0.1) is 7.11 Å². The second-order valence-corrected chi connectivity index (χ2v) is 12.0. The zero-order valence-corrected chi connectivity index (χ0v) is 20.7. The normalized spacial score (nSPS) is 44.1. The van der Waals surface area contributed by atoms with Crippen LogP contribution in [0.3, 0.4) is 0 Å². The molecule has 4 rings (SSSR count). The van der Waals surface area contributed by atoms with Gasteiger partial charge < -0.3 is 9.47 Å². The molecule has 0 aromatic carbocycles. The van der Waals surface area contributed by atoms with Gasteiger partial charge in [0.1, 0.15) is 11.9 Å². The van der Waals surface area contributed by atoms with Crippen molar-refractivity contribution < 1.29 is 23.9 Å². The number of carbonyl (C=O) groups is 3. The molecule has 5 heteroatoms. The topological polar surface area (TPSA) is 69.7 Å². The van der Waals surface area contributed by atoms with E-state index in [0.29, 0.717) is 48.2 Å². The van der Waals surface area contributed by atoms with Crippen molar-refractivity contribution in [2.24, 2.45) is 46.3 Å². The third-order valence-electron chi connectivity index (χ3n) is 10.4. The maximum atomic E-state index is 13.8. The summed E-state index contributed by atoms with van der Waals surface area (Å²) in [5.41, 5.74) is 0.110. The highest BCUT2D eigenvalue weighted by Crippen LogP contribution is 2.67. The van der Waals surface area contributed by atoms with Crippen LogP contribution in [0.4, 0.5) is 0 Å². The van der Waals surface area contributed by atoms with Crippen LogP contribution in [0.5, 0.6) is 0 Å². The van der Waals surface area contributed by atoms with Gasteiger partial charge in [-0.1, -0.05) is 20.8 Å². The van der Waals surface area contributed by atoms with Gasteiger partial charge in [0.25, 0.3) is 0 Å². The molecule has 0 bridgehead atoms. The lowest BCUT2D eigenvalue weighted by atomic mass is 9.44. The fourth-order valence-corrected chi connectivity index (χ4v) is 9.00. The van der Waals surface area contributed by atoms with Crippen molar-refractivity contribution in [3.63, 3.8) is 0 Å². The van der Waals surface area contributed by atoms with Gasteiger partial charge in [-0.15, -0.1) is 0 Å². The van der Waals surface area contributed by atoms with E-state index in [9.17, 15) is 14.4 Å². The van der Waals surface area contributed by atoms with Crippen LogP contribution in [0.1, 0.15) is 91.9 Å². The largest absolute Gasteiger partial charge is 0.469 e. The lowest BCUT2D eigenvalue weighted by molar-refractivity contribution is -0.169. The first-order valence-corrected chi connectivity index (χ1v) is 12.9. The van der Waals surface area contributed by atoms with Crippen LogP contribution in [0, 0.1) is 46.3 Å². The van der Waals surface area contributed by atoms with Gasteiger partial charge >= 0.3 is 11.9 Å². The Balaban J connectivity index is 1.50. The lowest BCUT2D eigenvalue weighted by Crippen LogP contribution is -2.58. The van der Waals surface area contributed by atoms with Crippen LogP contribution in [-0.4, -0.2) is 30.9 Å². The van der Waals surface area contributed by atoms with Gasteiger partial charge in [0.15, 0.2) is 0 Å². The highest BCUT2D eigenvalue weighted by molar-refractivity contribution is 5.84. The number of methoxy groups -OCH3 is 1. The molecule has 0 saturated heterocycles. The summed E-state index contributed by atoms with van der Waals surface area (Å²) in [5.74, 6) is 2.85. The van der Waals surface area contributed by atoms with Crippen LogP contribution in [0.25, 0.3) is 0 Å². The second kappa shape index (κ2) is 8.76. The van der Waals surface area contributed by atoms with E-state index >= 15 is 0 Å². The van der Waals surface area contributed by atoms with Crippen LogP contribution < -0.4 is 0 Å². The summed E-state index contributed by atoms with van der Waals surface area (Å²) >= 11 is 0. The first-order chi connectivity index (χ1) is 15.1. The second-order valence-electron chi connectivity index (χ2n) is 12.0. The van der Waals surface area contributed by atoms with Gasteiger partial charge in [-0.25, -0.2) is 0 Å². The Hall–Kier alpha value is -1.39. The average Bonchev–Trinajstić information content (AvgIpc) is 3.07. The lowest BCUT2D eigenvalue weighted by Gasteiger charge is -2.60. The van der Waals surface area contributed by atoms with Crippen molar-refractivity contribution in [2.45, 2.75) is 98.0 Å². The Morgan fingerprint density at radius 3 is 2.53 bits per heavy atom. The highest BCUT2D eigenvalue weighted by Gasteiger charge is 2.63. The number of ether oxygens (including phenoxy) is 2. The Morgan fingerprint density at radius 2 is 1.84 bits per heavy atom. The first-order valence-electron chi connectivity index (χ1n) is 12.9. The number of hydrogen-bond donors (Lipinski definition) is 0. The summed E-state index contributed by atoms with van der Waals surface area (Å²) in [6.45, 7) is 8.51. The molecule has 4 aliphatic carbocycles. The molecule has 4 fully saturated rings. The number of rotatable bonds is 5. The number of esters is 2. The minimum absolute atomic E-state index is 0.0256. The van der Waals surface area contributed by atoms with Crippen molar-refractivity contribution in [2.75, 3.05) is 7.11 Å². The number of fused-ring (bicyclic) bond motifs is 5. The zero-order valence-electron chi connectivity index (χ0n) is 20.7. The van der Waals surface area contributed by atoms with Gasteiger partial charge in [-0.05, 0) is 91.8 Å². The molecule has 9 atom stereocenters. The quantitative estimate of drug-likeness (QED) is 0.533. The maximum Gasteiger partial charge on any atom is 0.305 e. The van der Waals surface area contributed by atoms with E-state index in [0.717, 1.165) is 38.5 Å². The molecule has 180 valence electrons. The molecule has 0 aromatic rings. The monoisotopic (exact) mass is 446 g/mol. The van der Waals surface area contributed by atoms with Crippen molar-refractivity contribution in [1.29, 1.82) is 0 Å². The van der Waals surface area contributed by atoms with E-state index < -0.39 is 0 Å². The van der Waals surface area contributed by atoms with E-state index in [4.69, 9.17) is 9.47 Å². The standard InChI is InChI=1S/C27H42O5/c1-16(6-11-24(30)31-5)21-9-10-22-20-8-7-18-14-19(32-17(2)28)12-13-26(18,3)25(20)23(29)15-27(21,22)4/h16,18-22,25H,6-15H2,1-5H3/t16-,18-,19-,20+,21-,22+,25-,26-,27-/m0/s1. The molecule has 4 aliphatic rings. The Kier molecular flexibility index (Phi) is 6.50. The molecule has 0 unspecified atom stereocenters. The fourth-order valence-electron chi connectivity index (χ4n) is 9.00. The summed E-state index contributed by atoms with van der Waals surface area (Å²) in [6, 6.07) is 0. The molecule has 0 heterocycles. The third-order valence-corrected chi connectivity index (χ3v) is 10.4. The Labute approximate surface area is 193 Å². The molecule has 5 nitrogen and oxygen atoms in total. The number of hydrogen-bond acceptors (Lipinski definition) is 5. The molecular formula is C27H42O5. The predicted octanol–water partition coefficient (Wildman–Crippen LogP) is 5.35. The summed E-state index contributed by atoms with van der Waals surface area (Å²) in [6.07, 6.45) is 9.51. The van der Waals surface area contributed by atoms with Crippen molar-refractivity contribution >= 4 is 17.7 Å². The van der Waals surface area contributed by atoms with Crippen LogP contribution in [0.2, 0.25) is 0 Å². The highest BCUT2D eigenvalue weighted by atomic mass is 16.5. The molecule has 0 amide bonds. The van der Waals surface area contributed by atoms with E-state index in [1.54, 1.807) is 0 Å². The smallest absolute Gasteiger partial charge is 0.305 e. The van der Waals surface area contributed by atoms with Gasteiger partial charge in [0.2, 0.25) is 0 Å². The summed E-state index contributed by atoms with van der Waals surface area (Å²) in [7, 11) is 1.45. The first kappa shape index (κ1) is 23.8. The van der Waals surface area contributed by atoms with E-state index in [2.05, 4.69) is 20.8 Å². The number of ketones is 1. The van der Waals surface area contributed by atoms with E-state index in [-0.39, 0.29) is 34.8 Å². The maximum absolute atomic E-state index is 13.8. The molecule has 4 saturated carbocycles. The van der Waals surface area contributed by atoms with Crippen molar-refractivity contribution in [3.05, 3.63) is 0 Å². The average molecular weight is 447 g/mol. The molecule has 0 aromatic heterocycles. The van der Waals surface area contributed by atoms with Crippen molar-refractivity contribution in [1.82, 2.24) is 0 Å². The molecule has 0 N–H and O–H groups in total. The zero-order chi connectivity index (χ0) is 23.3. The van der Waals surface area contributed by atoms with Crippen LogP contribution in [0.15, 0.2) is 0 Å². The predicted molar refractivity (Wildman–Crippen MR) is 122 cm³/mol. The summed E-state index contributed by atoms with van der Waals surface area (Å²) in [5, 5.41) is 0. The van der Waals surface area contributed by atoms with E-state index in [1.165, 1.54) is 26.9 Å². The van der Waals surface area contributed by atoms with Crippen LogP contribution in [-0.2, 0) is 23.9 Å². The van der Waals surface area contributed by atoms with Crippen LogP contribution >= 0.6 is 0 Å². The van der Waals surface area contributed by atoms with Gasteiger partial charge in [-0.3, -0.25) is 14.4 Å². The van der Waals surface area contributed by atoms with Crippen molar-refractivity contribution in [3.8, 4) is 0 Å². The number of Topliss-reactive ketones (excluding diaryl/α,β-unsaturated/α-hetero) is 1. The number of carbonyl (C=O) groups excluding carboxylic acids is 3. The minimum atomic E-state index is -0.185. The minimum Gasteiger partial charge on any atom is -0.469 e. The molecule has 32 heavy (non-hydrogen) atoms. The molecule has 0 spiro atoms.